The van der Waals surface area contributed by atoms with Crippen molar-refractivity contribution in [2.75, 3.05) is 0 Å². The first-order valence-corrected chi connectivity index (χ1v) is 7.67. The SMILES string of the molecule is C=CCc1c(CC=C)c(CC=C)c(C(N)=O)c(C(N)=O)c1CC=C. The Morgan fingerprint density at radius 3 is 1.08 bits per heavy atom. The number of benzene rings is 1. The van der Waals surface area contributed by atoms with Gasteiger partial charge in [0.05, 0.1) is 11.1 Å². The van der Waals surface area contributed by atoms with Gasteiger partial charge in [0.25, 0.3) is 0 Å². The molecule has 24 heavy (non-hydrogen) atoms. The predicted molar refractivity (Wildman–Crippen MR) is 99.1 cm³/mol. The van der Waals surface area contributed by atoms with Crippen molar-refractivity contribution in [3.63, 3.8) is 0 Å². The van der Waals surface area contributed by atoms with Crippen molar-refractivity contribution < 1.29 is 9.59 Å². The third-order valence-electron chi connectivity index (χ3n) is 3.83. The van der Waals surface area contributed by atoms with Gasteiger partial charge < -0.3 is 11.5 Å². The Balaban J connectivity index is 4.11. The third kappa shape index (κ3) is 3.71. The van der Waals surface area contributed by atoms with Crippen molar-refractivity contribution in [1.82, 2.24) is 0 Å². The molecule has 1 aromatic carbocycles. The van der Waals surface area contributed by atoms with Crippen LogP contribution in [0.15, 0.2) is 50.6 Å². The highest BCUT2D eigenvalue weighted by Crippen LogP contribution is 2.31. The molecule has 0 aromatic heterocycles. The van der Waals surface area contributed by atoms with Crippen LogP contribution in [0, 0.1) is 0 Å². The quantitative estimate of drug-likeness (QED) is 0.648. The first kappa shape index (κ1) is 19.2. The standard InChI is InChI=1S/C20H24N2O2/c1-5-9-13-14(10-6-2)16(12-8-4)18(20(22)24)17(19(21)23)15(13)11-7-3/h5-8H,1-4,9-12H2,(H2,21,23)(H2,22,24). The van der Waals surface area contributed by atoms with Crippen LogP contribution in [0.25, 0.3) is 0 Å². The fourth-order valence-corrected chi connectivity index (χ4v) is 3.03. The van der Waals surface area contributed by atoms with Crippen LogP contribution in [0.2, 0.25) is 0 Å². The summed E-state index contributed by atoms with van der Waals surface area (Å²) in [6, 6.07) is 0. The maximum absolute atomic E-state index is 12.1. The molecule has 0 aliphatic rings. The zero-order valence-electron chi connectivity index (χ0n) is 13.9. The van der Waals surface area contributed by atoms with Gasteiger partial charge in [-0.25, -0.2) is 0 Å². The fraction of sp³-hybridized carbons (Fsp3) is 0.200. The molecule has 0 spiro atoms. The summed E-state index contributed by atoms with van der Waals surface area (Å²) in [5, 5.41) is 0. The second-order valence-corrected chi connectivity index (χ2v) is 5.36. The Bertz CT molecular complexity index is 654. The van der Waals surface area contributed by atoms with Gasteiger partial charge in [-0.3, -0.25) is 9.59 Å². The molecule has 0 aliphatic carbocycles. The number of allylic oxidation sites excluding steroid dienone is 4. The molecule has 0 heterocycles. The topological polar surface area (TPSA) is 86.2 Å². The van der Waals surface area contributed by atoms with Gasteiger partial charge >= 0.3 is 0 Å². The van der Waals surface area contributed by atoms with Crippen molar-refractivity contribution in [3.05, 3.63) is 84.0 Å². The van der Waals surface area contributed by atoms with Crippen LogP contribution < -0.4 is 11.5 Å². The molecule has 4 nitrogen and oxygen atoms in total. The molecule has 0 atom stereocenters. The van der Waals surface area contributed by atoms with E-state index >= 15 is 0 Å². The van der Waals surface area contributed by atoms with E-state index in [0.29, 0.717) is 36.8 Å². The Hall–Kier alpha value is -2.88. The minimum Gasteiger partial charge on any atom is -0.366 e. The van der Waals surface area contributed by atoms with E-state index in [4.69, 9.17) is 11.5 Å². The van der Waals surface area contributed by atoms with E-state index in [1.807, 2.05) is 0 Å². The first-order chi connectivity index (χ1) is 11.4. The number of amides is 2. The molecule has 0 fully saturated rings. The second-order valence-electron chi connectivity index (χ2n) is 5.36. The molecule has 0 radical (unpaired) electrons. The number of hydrogen-bond acceptors (Lipinski definition) is 2. The zero-order valence-corrected chi connectivity index (χ0v) is 13.9. The van der Waals surface area contributed by atoms with Gasteiger partial charge in [-0.05, 0) is 47.9 Å². The molecular weight excluding hydrogens is 300 g/mol. The van der Waals surface area contributed by atoms with E-state index in [0.717, 1.165) is 11.1 Å². The molecule has 0 saturated carbocycles. The summed E-state index contributed by atoms with van der Waals surface area (Å²) in [5.41, 5.74) is 14.7. The van der Waals surface area contributed by atoms with Crippen LogP contribution in [0.3, 0.4) is 0 Å². The minimum atomic E-state index is -0.679. The van der Waals surface area contributed by atoms with E-state index < -0.39 is 11.8 Å². The molecule has 1 rings (SSSR count). The Morgan fingerprint density at radius 1 is 0.625 bits per heavy atom. The molecule has 0 saturated heterocycles. The van der Waals surface area contributed by atoms with Crippen LogP contribution >= 0.6 is 0 Å². The Morgan fingerprint density at radius 2 is 0.875 bits per heavy atom. The van der Waals surface area contributed by atoms with E-state index in [2.05, 4.69) is 26.3 Å². The number of rotatable bonds is 10. The summed E-state index contributed by atoms with van der Waals surface area (Å²) in [6.07, 6.45) is 8.72. The Kier molecular flexibility index (Phi) is 6.93. The first-order valence-electron chi connectivity index (χ1n) is 7.67. The van der Waals surface area contributed by atoms with Crippen LogP contribution in [0.4, 0.5) is 0 Å². The number of nitrogens with two attached hydrogens (primary N) is 2. The van der Waals surface area contributed by atoms with Gasteiger partial charge in [-0.2, -0.15) is 0 Å². The highest BCUT2D eigenvalue weighted by atomic mass is 16.2. The van der Waals surface area contributed by atoms with Gasteiger partial charge in [0.15, 0.2) is 0 Å². The number of carbonyl (C=O) groups is 2. The van der Waals surface area contributed by atoms with Crippen molar-refractivity contribution in [1.29, 1.82) is 0 Å². The summed E-state index contributed by atoms with van der Waals surface area (Å²) in [4.78, 5) is 24.2. The summed E-state index contributed by atoms with van der Waals surface area (Å²) in [5.74, 6) is -1.36. The molecule has 0 unspecified atom stereocenters. The lowest BCUT2D eigenvalue weighted by atomic mass is 9.81. The van der Waals surface area contributed by atoms with Crippen LogP contribution in [-0.4, -0.2) is 11.8 Å². The van der Waals surface area contributed by atoms with E-state index in [1.165, 1.54) is 0 Å². The predicted octanol–water partition coefficient (Wildman–Crippen LogP) is 2.80. The summed E-state index contributed by atoms with van der Waals surface area (Å²) in [6.45, 7) is 15.0. The van der Waals surface area contributed by atoms with E-state index in [9.17, 15) is 9.59 Å². The van der Waals surface area contributed by atoms with Gasteiger partial charge in [-0.1, -0.05) is 24.3 Å². The molecule has 4 N–H and O–H groups in total. The van der Waals surface area contributed by atoms with Crippen molar-refractivity contribution in [3.8, 4) is 0 Å². The molecule has 0 aliphatic heterocycles. The minimum absolute atomic E-state index is 0.170. The number of hydrogen-bond donors (Lipinski definition) is 2. The zero-order chi connectivity index (χ0) is 18.3. The maximum Gasteiger partial charge on any atom is 0.249 e. The van der Waals surface area contributed by atoms with Gasteiger partial charge in [0.1, 0.15) is 0 Å². The van der Waals surface area contributed by atoms with Crippen molar-refractivity contribution in [2.24, 2.45) is 11.5 Å². The summed E-state index contributed by atoms with van der Waals surface area (Å²) in [7, 11) is 0. The normalized spacial score (nSPS) is 10.0. The monoisotopic (exact) mass is 324 g/mol. The molecular formula is C20H24N2O2. The number of carbonyl (C=O) groups excluding carboxylic acids is 2. The van der Waals surface area contributed by atoms with Crippen molar-refractivity contribution in [2.45, 2.75) is 25.7 Å². The van der Waals surface area contributed by atoms with Crippen molar-refractivity contribution >= 4 is 11.8 Å². The highest BCUT2D eigenvalue weighted by Gasteiger charge is 2.26. The average Bonchev–Trinajstić information content (AvgIpc) is 2.51. The lowest BCUT2D eigenvalue weighted by Crippen LogP contribution is -2.27. The average molecular weight is 324 g/mol. The molecule has 1 aromatic rings. The third-order valence-corrected chi connectivity index (χ3v) is 3.83. The molecule has 2 amide bonds. The highest BCUT2D eigenvalue weighted by molar-refractivity contribution is 6.09. The van der Waals surface area contributed by atoms with Gasteiger partial charge in [0, 0.05) is 0 Å². The second kappa shape index (κ2) is 8.67. The van der Waals surface area contributed by atoms with Crippen LogP contribution in [0.1, 0.15) is 43.0 Å². The number of primary amides is 2. The summed E-state index contributed by atoms with van der Waals surface area (Å²) >= 11 is 0. The van der Waals surface area contributed by atoms with Crippen LogP contribution in [0.5, 0.6) is 0 Å². The van der Waals surface area contributed by atoms with Gasteiger partial charge in [0.2, 0.25) is 11.8 Å². The lowest BCUT2D eigenvalue weighted by Gasteiger charge is -2.23. The Labute approximate surface area is 143 Å². The van der Waals surface area contributed by atoms with E-state index in [1.54, 1.807) is 24.3 Å². The summed E-state index contributed by atoms with van der Waals surface area (Å²) < 4.78 is 0. The fourth-order valence-electron chi connectivity index (χ4n) is 3.03. The van der Waals surface area contributed by atoms with E-state index in [-0.39, 0.29) is 11.1 Å². The van der Waals surface area contributed by atoms with Gasteiger partial charge in [-0.15, -0.1) is 26.3 Å². The largest absolute Gasteiger partial charge is 0.366 e. The molecule has 126 valence electrons. The maximum atomic E-state index is 12.1. The lowest BCUT2D eigenvalue weighted by molar-refractivity contribution is 0.0965. The molecule has 0 bridgehead atoms. The van der Waals surface area contributed by atoms with Crippen LogP contribution in [-0.2, 0) is 25.7 Å². The smallest absolute Gasteiger partial charge is 0.249 e. The molecule has 4 heteroatoms.